The molecule has 0 aliphatic heterocycles. The van der Waals surface area contributed by atoms with E-state index in [0.717, 1.165) is 34.5 Å². The lowest BCUT2D eigenvalue weighted by molar-refractivity contribution is 0.262. The number of hydrogen-bond acceptors (Lipinski definition) is 4. The fourth-order valence-corrected chi connectivity index (χ4v) is 4.42. The van der Waals surface area contributed by atoms with Crippen LogP contribution in [0.2, 0.25) is 0 Å². The SMILES string of the molecule is Cc1c(F)cc(NC(=O)Nc2cccc(-c3nn4ccsc4c3-c3ccncc3)c2)c(F)c1F. The minimum atomic E-state index is -1.35. The number of nitrogens with zero attached hydrogens (tertiary/aromatic N) is 3. The highest BCUT2D eigenvalue weighted by Gasteiger charge is 2.19. The molecule has 0 aliphatic rings. The van der Waals surface area contributed by atoms with Gasteiger partial charge in [0.25, 0.3) is 0 Å². The molecule has 0 aliphatic carbocycles. The Morgan fingerprint density at radius 1 is 1.00 bits per heavy atom. The van der Waals surface area contributed by atoms with Crippen LogP contribution in [0.3, 0.4) is 0 Å². The predicted octanol–water partition coefficient (Wildman–Crippen LogP) is 6.49. The van der Waals surface area contributed by atoms with Crippen LogP contribution in [0, 0.1) is 24.4 Å². The minimum absolute atomic E-state index is 0.389. The van der Waals surface area contributed by atoms with E-state index in [2.05, 4.69) is 15.6 Å². The maximum Gasteiger partial charge on any atom is 0.323 e. The van der Waals surface area contributed by atoms with E-state index in [0.29, 0.717) is 11.4 Å². The number of benzene rings is 2. The summed E-state index contributed by atoms with van der Waals surface area (Å²) < 4.78 is 43.5. The van der Waals surface area contributed by atoms with E-state index < -0.39 is 34.7 Å². The molecule has 0 bridgehead atoms. The van der Waals surface area contributed by atoms with Crippen LogP contribution in [0.1, 0.15) is 5.56 Å². The fourth-order valence-electron chi connectivity index (χ4n) is 3.57. The molecule has 3 heterocycles. The molecule has 0 fully saturated rings. The Hall–Kier alpha value is -4.18. The molecule has 10 heteroatoms. The first-order valence-corrected chi connectivity index (χ1v) is 11.0. The second kappa shape index (κ2) is 8.64. The fraction of sp³-hybridized carbons (Fsp3) is 0.0417. The summed E-state index contributed by atoms with van der Waals surface area (Å²) in [6, 6.07) is 10.6. The summed E-state index contributed by atoms with van der Waals surface area (Å²) >= 11 is 1.55. The number of anilines is 2. The summed E-state index contributed by atoms with van der Waals surface area (Å²) in [5, 5.41) is 11.3. The van der Waals surface area contributed by atoms with Crippen molar-refractivity contribution in [3.8, 4) is 22.4 Å². The highest BCUT2D eigenvalue weighted by molar-refractivity contribution is 7.16. The molecule has 5 rings (SSSR count). The van der Waals surface area contributed by atoms with Gasteiger partial charge in [-0.15, -0.1) is 11.3 Å². The number of urea groups is 1. The number of hydrogen-bond donors (Lipinski definition) is 2. The Kier molecular flexibility index (Phi) is 5.50. The molecular formula is C24H16F3N5OS. The summed E-state index contributed by atoms with van der Waals surface area (Å²) in [4.78, 5) is 17.4. The first kappa shape index (κ1) is 21.7. The minimum Gasteiger partial charge on any atom is -0.308 e. The van der Waals surface area contributed by atoms with E-state index >= 15 is 0 Å². The lowest BCUT2D eigenvalue weighted by atomic mass is 10.0. The van der Waals surface area contributed by atoms with Crippen molar-refractivity contribution < 1.29 is 18.0 Å². The lowest BCUT2D eigenvalue weighted by Crippen LogP contribution is -2.20. The molecule has 6 nitrogen and oxygen atoms in total. The van der Waals surface area contributed by atoms with Gasteiger partial charge in [0.05, 0.1) is 5.69 Å². The molecule has 34 heavy (non-hydrogen) atoms. The van der Waals surface area contributed by atoms with Gasteiger partial charge in [-0.3, -0.25) is 4.98 Å². The van der Waals surface area contributed by atoms with Gasteiger partial charge in [0.2, 0.25) is 0 Å². The molecule has 170 valence electrons. The molecule has 0 atom stereocenters. The van der Waals surface area contributed by atoms with Crippen LogP contribution in [0.5, 0.6) is 0 Å². The molecule has 0 radical (unpaired) electrons. The highest BCUT2D eigenvalue weighted by Crippen LogP contribution is 2.37. The number of halogens is 3. The summed E-state index contributed by atoms with van der Waals surface area (Å²) in [6.07, 6.45) is 5.26. The molecular weight excluding hydrogens is 463 g/mol. The van der Waals surface area contributed by atoms with Gasteiger partial charge in [0.1, 0.15) is 16.3 Å². The Labute approximate surface area is 195 Å². The first-order valence-electron chi connectivity index (χ1n) is 10.1. The van der Waals surface area contributed by atoms with Crippen LogP contribution >= 0.6 is 11.3 Å². The van der Waals surface area contributed by atoms with Crippen molar-refractivity contribution in [2.24, 2.45) is 0 Å². The molecule has 0 saturated carbocycles. The van der Waals surface area contributed by atoms with Gasteiger partial charge in [-0.2, -0.15) is 5.10 Å². The number of aromatic nitrogens is 3. The number of pyridine rings is 1. The summed E-state index contributed by atoms with van der Waals surface area (Å²) in [5.41, 5.74) is 2.64. The standard InChI is InChI=1S/C24H16F3N5OS/c1-13-17(25)12-18(21(27)20(13)26)30-24(33)29-16-4-2-3-15(11-16)22-19(14-5-7-28-8-6-14)23-32(31-22)9-10-34-23/h2-12H,1H3,(H2,29,30,33). The van der Waals surface area contributed by atoms with Crippen molar-refractivity contribution in [3.63, 3.8) is 0 Å². The van der Waals surface area contributed by atoms with Crippen molar-refractivity contribution in [3.05, 3.63) is 89.5 Å². The second-order valence-electron chi connectivity index (χ2n) is 7.43. The van der Waals surface area contributed by atoms with Crippen molar-refractivity contribution >= 4 is 33.6 Å². The van der Waals surface area contributed by atoms with E-state index in [1.165, 1.54) is 0 Å². The molecule has 2 aromatic carbocycles. The van der Waals surface area contributed by atoms with Gasteiger partial charge < -0.3 is 10.6 Å². The van der Waals surface area contributed by atoms with Gasteiger partial charge in [-0.05, 0) is 36.8 Å². The molecule has 5 aromatic rings. The van der Waals surface area contributed by atoms with Crippen LogP contribution in [-0.2, 0) is 0 Å². The average molecular weight is 479 g/mol. The van der Waals surface area contributed by atoms with Crippen LogP contribution in [-0.4, -0.2) is 20.6 Å². The normalized spacial score (nSPS) is 11.1. The predicted molar refractivity (Wildman–Crippen MR) is 125 cm³/mol. The van der Waals surface area contributed by atoms with Gasteiger partial charge >= 0.3 is 6.03 Å². The Balaban J connectivity index is 1.45. The molecule has 2 N–H and O–H groups in total. The zero-order valence-corrected chi connectivity index (χ0v) is 18.5. The topological polar surface area (TPSA) is 71.3 Å². The zero-order chi connectivity index (χ0) is 23.8. The van der Waals surface area contributed by atoms with E-state index in [1.807, 2.05) is 29.8 Å². The third-order valence-corrected chi connectivity index (χ3v) is 6.12. The monoisotopic (exact) mass is 479 g/mol. The molecule has 0 unspecified atom stereocenters. The summed E-state index contributed by atoms with van der Waals surface area (Å²) in [7, 11) is 0. The molecule has 3 aromatic heterocycles. The van der Waals surface area contributed by atoms with Crippen molar-refractivity contribution in [2.45, 2.75) is 6.92 Å². The number of amides is 2. The second-order valence-corrected chi connectivity index (χ2v) is 8.33. The lowest BCUT2D eigenvalue weighted by Gasteiger charge is -2.11. The number of thiazole rings is 1. The van der Waals surface area contributed by atoms with Crippen LogP contribution in [0.15, 0.2) is 66.4 Å². The number of carbonyl (C=O) groups is 1. The first-order chi connectivity index (χ1) is 16.4. The Morgan fingerprint density at radius 3 is 2.59 bits per heavy atom. The molecule has 2 amide bonds. The summed E-state index contributed by atoms with van der Waals surface area (Å²) in [6.45, 7) is 1.11. The van der Waals surface area contributed by atoms with E-state index in [4.69, 9.17) is 5.10 Å². The third-order valence-electron chi connectivity index (χ3n) is 5.25. The van der Waals surface area contributed by atoms with E-state index in [-0.39, 0.29) is 0 Å². The third kappa shape index (κ3) is 3.88. The zero-order valence-electron chi connectivity index (χ0n) is 17.6. The maximum absolute atomic E-state index is 14.1. The van der Waals surface area contributed by atoms with Gasteiger partial charge in [-0.25, -0.2) is 22.5 Å². The summed E-state index contributed by atoms with van der Waals surface area (Å²) in [5.74, 6) is -3.64. The number of fused-ring (bicyclic) bond motifs is 1. The van der Waals surface area contributed by atoms with E-state index in [9.17, 15) is 18.0 Å². The molecule has 0 saturated heterocycles. The number of rotatable bonds is 4. The highest BCUT2D eigenvalue weighted by atomic mass is 32.1. The number of carbonyl (C=O) groups excluding carboxylic acids is 1. The van der Waals surface area contributed by atoms with Gasteiger partial charge in [0.15, 0.2) is 11.6 Å². The Bertz CT molecular complexity index is 1530. The van der Waals surface area contributed by atoms with Crippen molar-refractivity contribution in [1.29, 1.82) is 0 Å². The van der Waals surface area contributed by atoms with E-state index in [1.54, 1.807) is 46.4 Å². The Morgan fingerprint density at radius 2 is 1.79 bits per heavy atom. The van der Waals surface area contributed by atoms with Crippen molar-refractivity contribution in [1.82, 2.24) is 14.6 Å². The van der Waals surface area contributed by atoms with Gasteiger partial charge in [0, 0.05) is 52.4 Å². The van der Waals surface area contributed by atoms with Crippen LogP contribution < -0.4 is 10.6 Å². The van der Waals surface area contributed by atoms with Crippen LogP contribution in [0.4, 0.5) is 29.3 Å². The maximum atomic E-state index is 14.1. The van der Waals surface area contributed by atoms with Crippen molar-refractivity contribution in [2.75, 3.05) is 10.6 Å². The van der Waals surface area contributed by atoms with Crippen LogP contribution in [0.25, 0.3) is 27.2 Å². The smallest absolute Gasteiger partial charge is 0.308 e. The van der Waals surface area contributed by atoms with Gasteiger partial charge in [-0.1, -0.05) is 12.1 Å². The number of nitrogens with one attached hydrogen (secondary N) is 2. The molecule has 0 spiro atoms. The quantitative estimate of drug-likeness (QED) is 0.289. The largest absolute Gasteiger partial charge is 0.323 e. The average Bonchev–Trinajstić information content (AvgIpc) is 3.43.